The van der Waals surface area contributed by atoms with E-state index in [-0.39, 0.29) is 5.75 Å². The highest BCUT2D eigenvalue weighted by molar-refractivity contribution is 7.89. The van der Waals surface area contributed by atoms with Crippen LogP contribution in [0.3, 0.4) is 0 Å². The second-order valence-corrected chi connectivity index (χ2v) is 7.86. The Bertz CT molecular complexity index is 649. The van der Waals surface area contributed by atoms with Crippen LogP contribution in [-0.4, -0.2) is 49.6 Å². The lowest BCUT2D eigenvalue weighted by Gasteiger charge is -2.36. The summed E-state index contributed by atoms with van der Waals surface area (Å²) in [6, 6.07) is 9.16. The van der Waals surface area contributed by atoms with Crippen LogP contribution in [-0.2, 0) is 10.0 Å². The van der Waals surface area contributed by atoms with Crippen LogP contribution in [0.1, 0.15) is 24.9 Å². The summed E-state index contributed by atoms with van der Waals surface area (Å²) in [5, 5.41) is 10.1. The van der Waals surface area contributed by atoms with E-state index >= 15 is 0 Å². The van der Waals surface area contributed by atoms with Crippen LogP contribution in [0, 0.1) is 11.3 Å². The first-order valence-corrected chi connectivity index (χ1v) is 9.33. The van der Waals surface area contributed by atoms with Crippen LogP contribution in [0.5, 0.6) is 0 Å². The smallest absolute Gasteiger partial charge is 0.214 e. The van der Waals surface area contributed by atoms with Crippen molar-refractivity contribution in [3.05, 3.63) is 34.9 Å². The van der Waals surface area contributed by atoms with Crippen molar-refractivity contribution in [3.63, 3.8) is 0 Å². The molecule has 0 amide bonds. The second-order valence-electron chi connectivity index (χ2n) is 5.34. The Hall–Kier alpha value is -1.13. The summed E-state index contributed by atoms with van der Waals surface area (Å²) in [7, 11) is -3.16. The van der Waals surface area contributed by atoms with E-state index in [1.54, 1.807) is 12.1 Å². The predicted molar refractivity (Wildman–Crippen MR) is 87.0 cm³/mol. The van der Waals surface area contributed by atoms with Gasteiger partial charge in [-0.3, -0.25) is 4.90 Å². The van der Waals surface area contributed by atoms with E-state index < -0.39 is 16.1 Å². The molecule has 0 aliphatic carbocycles. The Balaban J connectivity index is 2.06. The number of piperazine rings is 1. The lowest BCUT2D eigenvalue weighted by atomic mass is 10.1. The zero-order chi connectivity index (χ0) is 16.2. The van der Waals surface area contributed by atoms with E-state index in [2.05, 4.69) is 6.07 Å². The maximum Gasteiger partial charge on any atom is 0.214 e. The molecule has 0 radical (unpaired) electrons. The molecule has 2 rings (SSSR count). The molecule has 1 aliphatic heterocycles. The number of halogens is 1. The lowest BCUT2D eigenvalue weighted by Crippen LogP contribution is -2.49. The number of sulfonamides is 1. The molecule has 1 aliphatic rings. The molecule has 1 atom stereocenters. The minimum atomic E-state index is -3.16. The SMILES string of the molecule is CCCS(=O)(=O)N1CCN(C(C#N)c2cccc(Cl)c2)CC1. The Kier molecular flexibility index (Phi) is 5.81. The molecule has 0 N–H and O–H groups in total. The van der Waals surface area contributed by atoms with Gasteiger partial charge in [-0.1, -0.05) is 30.7 Å². The summed E-state index contributed by atoms with van der Waals surface area (Å²) >= 11 is 5.99. The first-order valence-electron chi connectivity index (χ1n) is 7.35. The fraction of sp³-hybridized carbons (Fsp3) is 0.533. The topological polar surface area (TPSA) is 64.4 Å². The molecule has 22 heavy (non-hydrogen) atoms. The first kappa shape index (κ1) is 17.2. The normalized spacial score (nSPS) is 18.8. The van der Waals surface area contributed by atoms with E-state index in [0.29, 0.717) is 37.6 Å². The van der Waals surface area contributed by atoms with E-state index in [1.807, 2.05) is 24.0 Å². The summed E-state index contributed by atoms with van der Waals surface area (Å²) in [6.07, 6.45) is 0.617. The predicted octanol–water partition coefficient (Wildman–Crippen LogP) is 2.26. The minimum absolute atomic E-state index is 0.184. The van der Waals surface area contributed by atoms with Crippen LogP contribution in [0.25, 0.3) is 0 Å². The molecule has 1 unspecified atom stereocenters. The van der Waals surface area contributed by atoms with E-state index in [9.17, 15) is 13.7 Å². The molecule has 1 saturated heterocycles. The zero-order valence-electron chi connectivity index (χ0n) is 12.6. The molecule has 0 saturated carbocycles. The standard InChI is InChI=1S/C15H20ClN3O2S/c1-2-10-22(20,21)19-8-6-18(7-9-19)15(12-17)13-4-3-5-14(16)11-13/h3-5,11,15H,2,6-10H2,1H3. The molecule has 0 aromatic heterocycles. The van der Waals surface area contributed by atoms with Crippen molar-refractivity contribution in [2.75, 3.05) is 31.9 Å². The molecular formula is C15H20ClN3O2S. The molecule has 7 heteroatoms. The first-order chi connectivity index (χ1) is 10.5. The van der Waals surface area contributed by atoms with Crippen molar-refractivity contribution < 1.29 is 8.42 Å². The number of hydrogen-bond donors (Lipinski definition) is 0. The number of hydrogen-bond acceptors (Lipinski definition) is 4. The van der Waals surface area contributed by atoms with Gasteiger partial charge in [0.25, 0.3) is 0 Å². The summed E-state index contributed by atoms with van der Waals surface area (Å²) in [6.45, 7) is 3.82. The number of rotatable bonds is 5. The monoisotopic (exact) mass is 341 g/mol. The Morgan fingerprint density at radius 2 is 2.00 bits per heavy atom. The minimum Gasteiger partial charge on any atom is -0.282 e. The highest BCUT2D eigenvalue weighted by Crippen LogP contribution is 2.24. The Morgan fingerprint density at radius 3 is 2.55 bits per heavy atom. The third-order valence-corrected chi connectivity index (χ3v) is 6.09. The van der Waals surface area contributed by atoms with Gasteiger partial charge >= 0.3 is 0 Å². The van der Waals surface area contributed by atoms with Crippen molar-refractivity contribution in [2.24, 2.45) is 0 Å². The molecule has 1 aromatic carbocycles. The number of nitrogens with zero attached hydrogens (tertiary/aromatic N) is 3. The zero-order valence-corrected chi connectivity index (χ0v) is 14.1. The molecular weight excluding hydrogens is 322 g/mol. The summed E-state index contributed by atoms with van der Waals surface area (Å²) in [4.78, 5) is 2.00. The molecule has 1 aromatic rings. The summed E-state index contributed by atoms with van der Waals surface area (Å²) in [5.74, 6) is 0.184. The van der Waals surface area contributed by atoms with Gasteiger partial charge in [-0.25, -0.2) is 8.42 Å². The van der Waals surface area contributed by atoms with Gasteiger partial charge in [0.1, 0.15) is 6.04 Å². The van der Waals surface area contributed by atoms with Crippen LogP contribution >= 0.6 is 11.6 Å². The van der Waals surface area contributed by atoms with Crippen molar-refractivity contribution >= 4 is 21.6 Å². The van der Waals surface area contributed by atoms with Crippen molar-refractivity contribution in [2.45, 2.75) is 19.4 Å². The van der Waals surface area contributed by atoms with Gasteiger partial charge in [-0.05, 0) is 24.1 Å². The van der Waals surface area contributed by atoms with E-state index in [4.69, 9.17) is 11.6 Å². The van der Waals surface area contributed by atoms with Crippen LogP contribution < -0.4 is 0 Å². The average Bonchev–Trinajstić information content (AvgIpc) is 2.49. The van der Waals surface area contributed by atoms with Gasteiger partial charge in [0, 0.05) is 31.2 Å². The fourth-order valence-corrected chi connectivity index (χ4v) is 4.36. The largest absolute Gasteiger partial charge is 0.282 e. The van der Waals surface area contributed by atoms with Gasteiger partial charge < -0.3 is 0 Å². The maximum atomic E-state index is 12.1. The summed E-state index contributed by atoms with van der Waals surface area (Å²) in [5.41, 5.74) is 0.847. The van der Waals surface area contributed by atoms with Crippen molar-refractivity contribution in [1.82, 2.24) is 9.21 Å². The van der Waals surface area contributed by atoms with Gasteiger partial charge in [0.15, 0.2) is 0 Å². The molecule has 0 bridgehead atoms. The van der Waals surface area contributed by atoms with Gasteiger partial charge in [-0.2, -0.15) is 9.57 Å². The van der Waals surface area contributed by atoms with E-state index in [1.165, 1.54) is 4.31 Å². The van der Waals surface area contributed by atoms with Crippen LogP contribution in [0.4, 0.5) is 0 Å². The fourth-order valence-electron chi connectivity index (χ4n) is 2.67. The third kappa shape index (κ3) is 3.99. The van der Waals surface area contributed by atoms with Crippen LogP contribution in [0.2, 0.25) is 5.02 Å². The quantitative estimate of drug-likeness (QED) is 0.824. The number of nitriles is 1. The molecule has 0 spiro atoms. The average molecular weight is 342 g/mol. The molecule has 1 heterocycles. The molecule has 1 fully saturated rings. The molecule has 120 valence electrons. The number of benzene rings is 1. The lowest BCUT2D eigenvalue weighted by molar-refractivity contribution is 0.162. The Morgan fingerprint density at radius 1 is 1.32 bits per heavy atom. The summed E-state index contributed by atoms with van der Waals surface area (Å²) < 4.78 is 25.7. The highest BCUT2D eigenvalue weighted by atomic mass is 35.5. The van der Waals surface area contributed by atoms with Gasteiger partial charge in [-0.15, -0.1) is 0 Å². The van der Waals surface area contributed by atoms with Gasteiger partial charge in [0.05, 0.1) is 11.8 Å². The Labute approximate surface area is 137 Å². The van der Waals surface area contributed by atoms with Crippen LogP contribution in [0.15, 0.2) is 24.3 Å². The highest BCUT2D eigenvalue weighted by Gasteiger charge is 2.30. The maximum absolute atomic E-state index is 12.1. The van der Waals surface area contributed by atoms with E-state index in [0.717, 1.165) is 5.56 Å². The molecule has 5 nitrogen and oxygen atoms in total. The van der Waals surface area contributed by atoms with Gasteiger partial charge in [0.2, 0.25) is 10.0 Å². The van der Waals surface area contributed by atoms with Crippen molar-refractivity contribution in [3.8, 4) is 6.07 Å². The second kappa shape index (κ2) is 7.42. The third-order valence-electron chi connectivity index (χ3n) is 3.78. The van der Waals surface area contributed by atoms with Crippen molar-refractivity contribution in [1.29, 1.82) is 5.26 Å².